The third-order valence-corrected chi connectivity index (χ3v) is 7.05. The van der Waals surface area contributed by atoms with Gasteiger partial charge >= 0.3 is 0 Å². The van der Waals surface area contributed by atoms with Gasteiger partial charge in [-0.05, 0) is 61.1 Å². The van der Waals surface area contributed by atoms with E-state index in [0.29, 0.717) is 46.4 Å². The molecule has 2 N–H and O–H groups in total. The summed E-state index contributed by atoms with van der Waals surface area (Å²) >= 11 is 12.2. The summed E-state index contributed by atoms with van der Waals surface area (Å²) < 4.78 is 0. The molecular formula is C25H23Cl2N3O3. The molecule has 1 saturated carbocycles. The average molecular weight is 484 g/mol. The first-order valence-electron chi connectivity index (χ1n) is 11.0. The normalized spacial score (nSPS) is 17.7. The van der Waals surface area contributed by atoms with E-state index < -0.39 is 12.0 Å². The zero-order valence-corrected chi connectivity index (χ0v) is 19.4. The Morgan fingerprint density at radius 1 is 1.12 bits per heavy atom. The minimum absolute atomic E-state index is 0.110. The van der Waals surface area contributed by atoms with E-state index >= 15 is 0 Å². The molecule has 0 saturated heterocycles. The van der Waals surface area contributed by atoms with Crippen molar-refractivity contribution in [2.45, 2.75) is 43.7 Å². The number of aliphatic hydroxyl groups is 1. The van der Waals surface area contributed by atoms with Gasteiger partial charge < -0.3 is 15.0 Å². The van der Waals surface area contributed by atoms with Gasteiger partial charge in [-0.25, -0.2) is 4.98 Å². The molecule has 1 unspecified atom stereocenters. The van der Waals surface area contributed by atoms with Crippen molar-refractivity contribution in [1.29, 1.82) is 0 Å². The van der Waals surface area contributed by atoms with E-state index in [2.05, 4.69) is 4.98 Å². The van der Waals surface area contributed by atoms with Crippen molar-refractivity contribution in [2.24, 2.45) is 0 Å². The van der Waals surface area contributed by atoms with Crippen LogP contribution in [0.25, 0.3) is 0 Å². The van der Waals surface area contributed by atoms with Crippen LogP contribution in [0.4, 0.5) is 0 Å². The summed E-state index contributed by atoms with van der Waals surface area (Å²) in [4.78, 5) is 35.5. The highest BCUT2D eigenvalue weighted by Crippen LogP contribution is 2.52. The quantitative estimate of drug-likeness (QED) is 0.582. The maximum absolute atomic E-state index is 13.1. The van der Waals surface area contributed by atoms with E-state index in [1.807, 2.05) is 24.3 Å². The smallest absolute Gasteiger partial charge is 0.256 e. The van der Waals surface area contributed by atoms with Crippen molar-refractivity contribution in [3.05, 3.63) is 97.1 Å². The number of aromatic amines is 1. The highest BCUT2D eigenvalue weighted by atomic mass is 35.5. The van der Waals surface area contributed by atoms with E-state index in [1.54, 1.807) is 24.3 Å². The first-order chi connectivity index (χ1) is 15.9. The molecule has 2 heterocycles. The lowest BCUT2D eigenvalue weighted by Gasteiger charge is -2.24. The van der Waals surface area contributed by atoms with Gasteiger partial charge in [0.25, 0.3) is 11.5 Å². The number of halogens is 2. The fraction of sp³-hybridized carbons (Fsp3) is 0.320. The van der Waals surface area contributed by atoms with Crippen molar-refractivity contribution < 1.29 is 9.90 Å². The van der Waals surface area contributed by atoms with E-state index in [0.717, 1.165) is 24.1 Å². The minimum Gasteiger partial charge on any atom is -0.378 e. The predicted octanol–water partition coefficient (Wildman–Crippen LogP) is 4.17. The molecule has 1 aliphatic carbocycles. The first-order valence-corrected chi connectivity index (χ1v) is 11.7. The Bertz CT molecular complexity index is 1290. The van der Waals surface area contributed by atoms with Gasteiger partial charge in [-0.15, -0.1) is 0 Å². The van der Waals surface area contributed by atoms with Crippen LogP contribution in [0.1, 0.15) is 53.6 Å². The van der Waals surface area contributed by atoms with Crippen LogP contribution in [0.5, 0.6) is 0 Å². The largest absolute Gasteiger partial charge is 0.378 e. The number of aliphatic hydroxyl groups excluding tert-OH is 1. The number of aryl methyl sites for hydroxylation is 1. The van der Waals surface area contributed by atoms with Crippen LogP contribution >= 0.6 is 23.2 Å². The molecule has 1 aromatic heterocycles. The highest BCUT2D eigenvalue weighted by molar-refractivity contribution is 6.30. The van der Waals surface area contributed by atoms with Crippen molar-refractivity contribution in [1.82, 2.24) is 14.9 Å². The van der Waals surface area contributed by atoms with Gasteiger partial charge in [-0.1, -0.05) is 47.5 Å². The first kappa shape index (κ1) is 22.1. The molecule has 1 fully saturated rings. The Kier molecular flexibility index (Phi) is 5.77. The molecule has 2 aromatic carbocycles. The van der Waals surface area contributed by atoms with Crippen molar-refractivity contribution >= 4 is 29.1 Å². The summed E-state index contributed by atoms with van der Waals surface area (Å²) in [5.74, 6) is 0.207. The van der Waals surface area contributed by atoms with Crippen LogP contribution in [0.2, 0.25) is 10.0 Å². The third-order valence-electron chi connectivity index (χ3n) is 6.58. The Morgan fingerprint density at radius 2 is 1.85 bits per heavy atom. The standard InChI is InChI=1S/C25H23Cl2N3O3/c26-17-6-1-4-15(12-17)21(31)23(33)30-11-3-8-20-19(14-30)22(32)29-24(28-20)25(9-10-25)16-5-2-7-18(27)13-16/h1-2,4-7,12-13,21,31H,3,8-11,14H2,(H,28,29,32). The molecule has 0 bridgehead atoms. The van der Waals surface area contributed by atoms with E-state index in [9.17, 15) is 14.7 Å². The number of benzene rings is 2. The number of H-pyrrole nitrogens is 1. The average Bonchev–Trinajstić information content (AvgIpc) is 3.62. The van der Waals surface area contributed by atoms with E-state index in [-0.39, 0.29) is 17.5 Å². The minimum atomic E-state index is -1.34. The molecule has 170 valence electrons. The van der Waals surface area contributed by atoms with E-state index in [4.69, 9.17) is 28.2 Å². The van der Waals surface area contributed by atoms with Crippen LogP contribution in [0.15, 0.2) is 53.3 Å². The predicted molar refractivity (Wildman–Crippen MR) is 126 cm³/mol. The zero-order valence-electron chi connectivity index (χ0n) is 17.9. The second-order valence-corrected chi connectivity index (χ2v) is 9.63. The van der Waals surface area contributed by atoms with Crippen LogP contribution in [0, 0.1) is 0 Å². The Labute approximate surface area is 201 Å². The molecule has 0 spiro atoms. The molecule has 5 rings (SSSR count). The number of aromatic nitrogens is 2. The van der Waals surface area contributed by atoms with Gasteiger partial charge in [0.2, 0.25) is 0 Å². The SMILES string of the molecule is O=C(C(O)c1cccc(Cl)c1)N1CCCc2nc(C3(c4cccc(Cl)c4)CC3)[nH]c(=O)c2C1. The van der Waals surface area contributed by atoms with Crippen molar-refractivity contribution in [3.8, 4) is 0 Å². The maximum atomic E-state index is 13.1. The van der Waals surface area contributed by atoms with Crippen LogP contribution < -0.4 is 5.56 Å². The third kappa shape index (κ3) is 4.19. The van der Waals surface area contributed by atoms with E-state index in [1.165, 1.54) is 4.90 Å². The molecule has 33 heavy (non-hydrogen) atoms. The van der Waals surface area contributed by atoms with Gasteiger partial charge in [0.05, 0.1) is 23.2 Å². The molecule has 6 nitrogen and oxygen atoms in total. The topological polar surface area (TPSA) is 86.3 Å². The number of carbonyl (C=O) groups is 1. The fourth-order valence-corrected chi connectivity index (χ4v) is 4.99. The second kappa shape index (κ2) is 8.60. The molecule has 1 atom stereocenters. The number of carbonyl (C=O) groups excluding carboxylic acids is 1. The van der Waals surface area contributed by atoms with Crippen molar-refractivity contribution in [3.63, 3.8) is 0 Å². The monoisotopic (exact) mass is 483 g/mol. The molecule has 8 heteroatoms. The molecule has 2 aliphatic rings. The number of fused-ring (bicyclic) bond motifs is 1. The molecule has 1 aliphatic heterocycles. The summed E-state index contributed by atoms with van der Waals surface area (Å²) in [5, 5.41) is 11.7. The number of rotatable bonds is 4. The van der Waals surface area contributed by atoms with Gasteiger partial charge in [-0.3, -0.25) is 9.59 Å². The van der Waals surface area contributed by atoms with Gasteiger partial charge in [0.15, 0.2) is 6.10 Å². The number of hydrogen-bond donors (Lipinski definition) is 2. The summed E-state index contributed by atoms with van der Waals surface area (Å²) in [6, 6.07) is 14.3. The van der Waals surface area contributed by atoms with Crippen LogP contribution in [-0.4, -0.2) is 32.4 Å². The number of nitrogens with one attached hydrogen (secondary N) is 1. The lowest BCUT2D eigenvalue weighted by Crippen LogP contribution is -2.36. The van der Waals surface area contributed by atoms with Gasteiger partial charge in [-0.2, -0.15) is 0 Å². The molecular weight excluding hydrogens is 461 g/mol. The summed E-state index contributed by atoms with van der Waals surface area (Å²) in [6.45, 7) is 0.541. The lowest BCUT2D eigenvalue weighted by molar-refractivity contribution is -0.141. The van der Waals surface area contributed by atoms with Crippen molar-refractivity contribution in [2.75, 3.05) is 6.54 Å². The number of amides is 1. The molecule has 1 amide bonds. The molecule has 0 radical (unpaired) electrons. The maximum Gasteiger partial charge on any atom is 0.256 e. The Hall–Kier alpha value is -2.67. The van der Waals surface area contributed by atoms with Gasteiger partial charge in [0, 0.05) is 16.6 Å². The summed E-state index contributed by atoms with van der Waals surface area (Å²) in [7, 11) is 0. The number of hydrogen-bond acceptors (Lipinski definition) is 4. The Morgan fingerprint density at radius 3 is 2.55 bits per heavy atom. The van der Waals surface area contributed by atoms with Crippen LogP contribution in [0.3, 0.4) is 0 Å². The highest BCUT2D eigenvalue weighted by Gasteiger charge is 2.48. The zero-order chi connectivity index (χ0) is 23.2. The lowest BCUT2D eigenvalue weighted by atomic mass is 9.94. The van der Waals surface area contributed by atoms with Gasteiger partial charge in [0.1, 0.15) is 5.82 Å². The second-order valence-electron chi connectivity index (χ2n) is 8.75. The van der Waals surface area contributed by atoms with Crippen LogP contribution in [-0.2, 0) is 23.2 Å². The fourth-order valence-electron chi connectivity index (χ4n) is 4.60. The summed E-state index contributed by atoms with van der Waals surface area (Å²) in [5.41, 5.74) is 2.12. The Balaban J connectivity index is 1.43. The number of nitrogens with zero attached hydrogens (tertiary/aromatic N) is 2. The molecule has 3 aromatic rings. The summed E-state index contributed by atoms with van der Waals surface area (Å²) in [6.07, 6.45) is 1.70.